The van der Waals surface area contributed by atoms with E-state index in [1.54, 1.807) is 20.8 Å². The topological polar surface area (TPSA) is 54.0 Å². The van der Waals surface area contributed by atoms with E-state index in [0.717, 1.165) is 6.07 Å². The van der Waals surface area contributed by atoms with Gasteiger partial charge < -0.3 is 10.6 Å². The van der Waals surface area contributed by atoms with Crippen LogP contribution in [-0.2, 0) is 11.0 Å². The molecule has 0 saturated heterocycles. The fourth-order valence-corrected chi connectivity index (χ4v) is 1.32. The number of nitrogens with one attached hydrogen (secondary N) is 2. The number of nitrogens with zero attached hydrogens (tertiary/aromatic N) is 1. The number of pyridine rings is 1. The Kier molecular flexibility index (Phi) is 4.97. The summed E-state index contributed by atoms with van der Waals surface area (Å²) < 4.78 is 37.3. The van der Waals surface area contributed by atoms with Gasteiger partial charge in [-0.1, -0.05) is 26.8 Å². The van der Waals surface area contributed by atoms with Crippen molar-refractivity contribution in [3.05, 3.63) is 23.9 Å². The Morgan fingerprint density at radius 3 is 2.40 bits per heavy atom. The van der Waals surface area contributed by atoms with E-state index in [0.29, 0.717) is 13.1 Å². The Balaban J connectivity index is 2.46. The SMILES string of the molecule is CC(C)(C)C(=O)NCCNc1cccc(C(F)(F)F)n1. The van der Waals surface area contributed by atoms with Crippen molar-refractivity contribution >= 4 is 11.7 Å². The average molecular weight is 289 g/mol. The number of aromatic nitrogens is 1. The second-order valence-electron chi connectivity index (χ2n) is 5.34. The molecule has 0 saturated carbocycles. The molecule has 0 aliphatic heterocycles. The summed E-state index contributed by atoms with van der Waals surface area (Å²) in [6.07, 6.45) is -4.46. The maximum Gasteiger partial charge on any atom is 0.433 e. The van der Waals surface area contributed by atoms with E-state index in [-0.39, 0.29) is 11.7 Å². The predicted octanol–water partition coefficient (Wildman–Crippen LogP) is 2.67. The minimum atomic E-state index is -4.46. The molecule has 0 spiro atoms. The lowest BCUT2D eigenvalue weighted by atomic mass is 9.96. The first-order valence-electron chi connectivity index (χ1n) is 6.17. The zero-order valence-corrected chi connectivity index (χ0v) is 11.6. The molecule has 1 aromatic rings. The molecule has 20 heavy (non-hydrogen) atoms. The quantitative estimate of drug-likeness (QED) is 0.838. The summed E-state index contributed by atoms with van der Waals surface area (Å²) in [6, 6.07) is 3.64. The second-order valence-corrected chi connectivity index (χ2v) is 5.34. The number of amides is 1. The summed E-state index contributed by atoms with van der Waals surface area (Å²) in [5, 5.41) is 5.42. The third-order valence-corrected chi connectivity index (χ3v) is 2.44. The van der Waals surface area contributed by atoms with Gasteiger partial charge in [-0.05, 0) is 12.1 Å². The van der Waals surface area contributed by atoms with Crippen LogP contribution in [0, 0.1) is 5.41 Å². The van der Waals surface area contributed by atoms with Crippen LogP contribution in [0.3, 0.4) is 0 Å². The lowest BCUT2D eigenvalue weighted by molar-refractivity contribution is -0.141. The molecule has 1 heterocycles. The number of hydrogen-bond donors (Lipinski definition) is 2. The lowest BCUT2D eigenvalue weighted by Gasteiger charge is -2.17. The fourth-order valence-electron chi connectivity index (χ4n) is 1.32. The largest absolute Gasteiger partial charge is 0.433 e. The highest BCUT2D eigenvalue weighted by atomic mass is 19.4. The van der Waals surface area contributed by atoms with Gasteiger partial charge in [0.2, 0.25) is 5.91 Å². The number of carbonyl (C=O) groups is 1. The highest BCUT2D eigenvalue weighted by molar-refractivity contribution is 5.81. The highest BCUT2D eigenvalue weighted by Crippen LogP contribution is 2.27. The van der Waals surface area contributed by atoms with Crippen molar-refractivity contribution in [2.75, 3.05) is 18.4 Å². The molecule has 0 bridgehead atoms. The third kappa shape index (κ3) is 5.07. The molecule has 2 N–H and O–H groups in total. The van der Waals surface area contributed by atoms with Gasteiger partial charge in [0.05, 0.1) is 0 Å². The van der Waals surface area contributed by atoms with Gasteiger partial charge in [-0.15, -0.1) is 0 Å². The molecular weight excluding hydrogens is 271 g/mol. The van der Waals surface area contributed by atoms with Crippen molar-refractivity contribution in [1.29, 1.82) is 0 Å². The second kappa shape index (κ2) is 6.11. The minimum absolute atomic E-state index is 0.115. The van der Waals surface area contributed by atoms with Gasteiger partial charge in [-0.3, -0.25) is 4.79 Å². The van der Waals surface area contributed by atoms with Crippen molar-refractivity contribution < 1.29 is 18.0 Å². The van der Waals surface area contributed by atoms with Gasteiger partial charge >= 0.3 is 6.18 Å². The smallest absolute Gasteiger partial charge is 0.368 e. The van der Waals surface area contributed by atoms with E-state index in [2.05, 4.69) is 15.6 Å². The number of rotatable bonds is 4. The molecule has 0 atom stereocenters. The first-order valence-corrected chi connectivity index (χ1v) is 6.17. The van der Waals surface area contributed by atoms with Crippen LogP contribution < -0.4 is 10.6 Å². The maximum atomic E-state index is 12.4. The van der Waals surface area contributed by atoms with Gasteiger partial charge in [-0.2, -0.15) is 13.2 Å². The number of halogens is 3. The van der Waals surface area contributed by atoms with Crippen LogP contribution in [0.15, 0.2) is 18.2 Å². The predicted molar refractivity (Wildman–Crippen MR) is 70.2 cm³/mol. The summed E-state index contributed by atoms with van der Waals surface area (Å²) in [5.41, 5.74) is -1.43. The van der Waals surface area contributed by atoms with Crippen LogP contribution in [0.4, 0.5) is 19.0 Å². The van der Waals surface area contributed by atoms with Crippen molar-refractivity contribution in [2.45, 2.75) is 26.9 Å². The zero-order chi connectivity index (χ0) is 15.4. The number of alkyl halides is 3. The van der Waals surface area contributed by atoms with E-state index in [1.165, 1.54) is 12.1 Å². The Bertz CT molecular complexity index is 467. The van der Waals surface area contributed by atoms with Gasteiger partial charge in [0.15, 0.2) is 0 Å². The fraction of sp³-hybridized carbons (Fsp3) is 0.538. The van der Waals surface area contributed by atoms with E-state index in [4.69, 9.17) is 0 Å². The normalized spacial score (nSPS) is 12.1. The number of carbonyl (C=O) groups excluding carboxylic acids is 1. The van der Waals surface area contributed by atoms with E-state index in [9.17, 15) is 18.0 Å². The zero-order valence-electron chi connectivity index (χ0n) is 11.6. The van der Waals surface area contributed by atoms with E-state index < -0.39 is 17.3 Å². The van der Waals surface area contributed by atoms with Crippen LogP contribution in [0.2, 0.25) is 0 Å². The van der Waals surface area contributed by atoms with E-state index >= 15 is 0 Å². The molecule has 7 heteroatoms. The minimum Gasteiger partial charge on any atom is -0.368 e. The van der Waals surface area contributed by atoms with Crippen molar-refractivity contribution in [1.82, 2.24) is 10.3 Å². The Morgan fingerprint density at radius 2 is 1.85 bits per heavy atom. The summed E-state index contributed by atoms with van der Waals surface area (Å²) >= 11 is 0. The molecule has 0 aromatic carbocycles. The number of hydrogen-bond acceptors (Lipinski definition) is 3. The lowest BCUT2D eigenvalue weighted by Crippen LogP contribution is -2.37. The summed E-state index contributed by atoms with van der Waals surface area (Å²) in [6.45, 7) is 5.96. The van der Waals surface area contributed by atoms with Crippen molar-refractivity contribution in [3.63, 3.8) is 0 Å². The van der Waals surface area contributed by atoms with Crippen LogP contribution in [0.25, 0.3) is 0 Å². The van der Waals surface area contributed by atoms with Crippen molar-refractivity contribution in [3.8, 4) is 0 Å². The molecule has 0 radical (unpaired) electrons. The first-order chi connectivity index (χ1) is 9.10. The maximum absolute atomic E-state index is 12.4. The Hall–Kier alpha value is -1.79. The first kappa shape index (κ1) is 16.3. The third-order valence-electron chi connectivity index (χ3n) is 2.44. The average Bonchev–Trinajstić information content (AvgIpc) is 2.32. The molecule has 0 aliphatic carbocycles. The van der Waals surface area contributed by atoms with E-state index in [1.807, 2.05) is 0 Å². The molecular formula is C13H18F3N3O. The van der Waals surface area contributed by atoms with Gasteiger partial charge in [0.1, 0.15) is 11.5 Å². The Morgan fingerprint density at radius 1 is 1.20 bits per heavy atom. The molecule has 1 aromatic heterocycles. The summed E-state index contributed by atoms with van der Waals surface area (Å²) in [4.78, 5) is 15.0. The van der Waals surface area contributed by atoms with Crippen LogP contribution in [-0.4, -0.2) is 24.0 Å². The molecule has 4 nitrogen and oxygen atoms in total. The molecule has 1 amide bonds. The van der Waals surface area contributed by atoms with Crippen LogP contribution in [0.1, 0.15) is 26.5 Å². The summed E-state index contributed by atoms with van der Waals surface area (Å²) in [7, 11) is 0. The molecule has 0 aliphatic rings. The summed E-state index contributed by atoms with van der Waals surface area (Å²) in [5.74, 6) is 0.0149. The monoisotopic (exact) mass is 289 g/mol. The standard InChI is InChI=1S/C13H18F3N3O/c1-12(2,3)11(20)18-8-7-17-10-6-4-5-9(19-10)13(14,15)16/h4-6H,7-8H2,1-3H3,(H,17,19)(H,18,20). The van der Waals surface area contributed by atoms with Crippen LogP contribution in [0.5, 0.6) is 0 Å². The Labute approximate surface area is 115 Å². The molecule has 112 valence electrons. The molecule has 0 fully saturated rings. The molecule has 1 rings (SSSR count). The van der Waals surface area contributed by atoms with Crippen LogP contribution >= 0.6 is 0 Å². The van der Waals surface area contributed by atoms with Gasteiger partial charge in [0.25, 0.3) is 0 Å². The van der Waals surface area contributed by atoms with Crippen molar-refractivity contribution in [2.24, 2.45) is 5.41 Å². The molecule has 0 unspecified atom stereocenters. The number of anilines is 1. The van der Waals surface area contributed by atoms with Gasteiger partial charge in [0, 0.05) is 18.5 Å². The van der Waals surface area contributed by atoms with Gasteiger partial charge in [-0.25, -0.2) is 4.98 Å². The highest BCUT2D eigenvalue weighted by Gasteiger charge is 2.32.